The second-order valence-corrected chi connectivity index (χ2v) is 5.05. The van der Waals surface area contributed by atoms with Gasteiger partial charge < -0.3 is 20.1 Å². The molecule has 0 saturated carbocycles. The largest absolute Gasteiger partial charge is 0.465 e. The van der Waals surface area contributed by atoms with Gasteiger partial charge in [-0.1, -0.05) is 6.07 Å². The average molecular weight is 264 g/mol. The first kappa shape index (κ1) is 14.2. The van der Waals surface area contributed by atoms with Crippen LogP contribution in [0.5, 0.6) is 5.75 Å². The van der Waals surface area contributed by atoms with Crippen LogP contribution in [-0.4, -0.2) is 32.5 Å². The summed E-state index contributed by atoms with van der Waals surface area (Å²) in [7, 11) is 0. The van der Waals surface area contributed by atoms with Crippen LogP contribution in [0.25, 0.3) is 0 Å². The smallest absolute Gasteiger partial charge is 0.189 e. The van der Waals surface area contributed by atoms with Crippen molar-refractivity contribution in [1.29, 1.82) is 0 Å². The van der Waals surface area contributed by atoms with Crippen molar-refractivity contribution in [3.8, 4) is 5.75 Å². The molecule has 0 aliphatic carbocycles. The quantitative estimate of drug-likeness (QED) is 0.655. The van der Waals surface area contributed by atoms with Crippen LogP contribution >= 0.6 is 0 Å². The Hall–Kier alpha value is -1.26. The van der Waals surface area contributed by atoms with Gasteiger partial charge in [-0.2, -0.15) is 0 Å². The summed E-state index contributed by atoms with van der Waals surface area (Å²) in [5, 5.41) is 0. The molecule has 0 bridgehead atoms. The molecule has 2 N–H and O–H groups in total. The monoisotopic (exact) mass is 264 g/mol. The molecular weight excluding hydrogens is 240 g/mol. The Kier molecular flexibility index (Phi) is 5.05. The molecule has 0 spiro atoms. The summed E-state index contributed by atoms with van der Waals surface area (Å²) >= 11 is 0. The second-order valence-electron chi connectivity index (χ2n) is 5.05. The molecule has 1 fully saturated rings. The minimum absolute atomic E-state index is 0.305. The van der Waals surface area contributed by atoms with E-state index in [2.05, 4.69) is 24.0 Å². The Morgan fingerprint density at radius 2 is 2.05 bits per heavy atom. The van der Waals surface area contributed by atoms with Gasteiger partial charge in [-0.25, -0.2) is 0 Å². The average Bonchev–Trinajstić information content (AvgIpc) is 2.41. The first-order valence-electron chi connectivity index (χ1n) is 7.02. The number of nitrogens with zero attached hydrogens (tertiary/aromatic N) is 1. The third-order valence-corrected chi connectivity index (χ3v) is 3.50. The Labute approximate surface area is 115 Å². The fourth-order valence-corrected chi connectivity index (χ4v) is 2.33. The van der Waals surface area contributed by atoms with Crippen LogP contribution in [0.4, 0.5) is 5.69 Å². The highest BCUT2D eigenvalue weighted by atomic mass is 16.7. The van der Waals surface area contributed by atoms with Crippen LogP contribution in [-0.2, 0) is 4.74 Å². The number of hydrogen-bond donors (Lipinski definition) is 1. The van der Waals surface area contributed by atoms with Gasteiger partial charge in [0, 0.05) is 25.7 Å². The lowest BCUT2D eigenvalue weighted by atomic mass is 10.0. The molecule has 1 heterocycles. The zero-order chi connectivity index (χ0) is 13.7. The number of nitrogens with two attached hydrogens (primary N) is 1. The summed E-state index contributed by atoms with van der Waals surface area (Å²) in [4.78, 5) is 2.36. The summed E-state index contributed by atoms with van der Waals surface area (Å²) in [6.45, 7) is 7.03. The Balaban J connectivity index is 2.10. The van der Waals surface area contributed by atoms with E-state index in [4.69, 9.17) is 15.2 Å². The van der Waals surface area contributed by atoms with Crippen molar-refractivity contribution in [3.05, 3.63) is 23.8 Å². The van der Waals surface area contributed by atoms with Gasteiger partial charge in [0.25, 0.3) is 0 Å². The fraction of sp³-hybridized carbons (Fsp3) is 0.600. The van der Waals surface area contributed by atoms with Crippen LogP contribution in [0.2, 0.25) is 0 Å². The van der Waals surface area contributed by atoms with Gasteiger partial charge in [-0.3, -0.25) is 0 Å². The predicted molar refractivity (Wildman–Crippen MR) is 77.7 cm³/mol. The second kappa shape index (κ2) is 6.78. The predicted octanol–water partition coefficient (Wildman–Crippen LogP) is 2.30. The van der Waals surface area contributed by atoms with E-state index >= 15 is 0 Å². The van der Waals surface area contributed by atoms with E-state index < -0.39 is 0 Å². The standard InChI is InChI=1S/C15H24N2O2/c1-3-18-11-19-15-5-4-12(2)10-14(15)17-8-6-13(16)7-9-17/h4-5,10,13H,3,6-9,11,16H2,1-2H3. The van der Waals surface area contributed by atoms with Crippen molar-refractivity contribution in [2.24, 2.45) is 5.73 Å². The van der Waals surface area contributed by atoms with Gasteiger partial charge in [-0.05, 0) is 44.4 Å². The molecule has 1 saturated heterocycles. The molecule has 1 aromatic carbocycles. The van der Waals surface area contributed by atoms with Crippen LogP contribution in [0.3, 0.4) is 0 Å². The van der Waals surface area contributed by atoms with Crippen LogP contribution in [0.1, 0.15) is 25.3 Å². The lowest BCUT2D eigenvalue weighted by molar-refractivity contribution is 0.0226. The van der Waals surface area contributed by atoms with E-state index in [1.54, 1.807) is 0 Å². The zero-order valence-electron chi connectivity index (χ0n) is 11.9. The number of piperidine rings is 1. The summed E-state index contributed by atoms with van der Waals surface area (Å²) in [6.07, 6.45) is 2.08. The van der Waals surface area contributed by atoms with Crippen LogP contribution in [0, 0.1) is 6.92 Å². The van der Waals surface area contributed by atoms with Gasteiger partial charge in [0.2, 0.25) is 0 Å². The fourth-order valence-electron chi connectivity index (χ4n) is 2.33. The van der Waals surface area contributed by atoms with E-state index in [0.717, 1.165) is 37.4 Å². The lowest BCUT2D eigenvalue weighted by Crippen LogP contribution is -2.39. The number of anilines is 1. The zero-order valence-corrected chi connectivity index (χ0v) is 11.9. The van der Waals surface area contributed by atoms with Crippen LogP contribution in [0.15, 0.2) is 18.2 Å². The summed E-state index contributed by atoms with van der Waals surface area (Å²) < 4.78 is 11.0. The van der Waals surface area contributed by atoms with E-state index in [1.165, 1.54) is 5.56 Å². The van der Waals surface area contributed by atoms with Gasteiger partial charge in [0.15, 0.2) is 6.79 Å². The van der Waals surface area contributed by atoms with E-state index in [9.17, 15) is 0 Å². The van der Waals surface area contributed by atoms with Crippen molar-refractivity contribution in [2.75, 3.05) is 31.4 Å². The number of benzene rings is 1. The number of hydrogen-bond acceptors (Lipinski definition) is 4. The van der Waals surface area contributed by atoms with Crippen molar-refractivity contribution in [1.82, 2.24) is 0 Å². The maximum absolute atomic E-state index is 5.96. The number of aryl methyl sites for hydroxylation is 1. The number of rotatable bonds is 5. The molecule has 0 unspecified atom stereocenters. The molecular formula is C15H24N2O2. The van der Waals surface area contributed by atoms with Gasteiger partial charge in [-0.15, -0.1) is 0 Å². The third-order valence-electron chi connectivity index (χ3n) is 3.50. The maximum Gasteiger partial charge on any atom is 0.189 e. The molecule has 106 valence electrons. The molecule has 0 atom stereocenters. The molecule has 0 amide bonds. The van der Waals surface area contributed by atoms with Gasteiger partial charge in [0.1, 0.15) is 5.75 Å². The minimum atomic E-state index is 0.305. The first-order valence-corrected chi connectivity index (χ1v) is 7.02. The topological polar surface area (TPSA) is 47.7 Å². The summed E-state index contributed by atoms with van der Waals surface area (Å²) in [6, 6.07) is 6.62. The van der Waals surface area contributed by atoms with E-state index in [0.29, 0.717) is 19.4 Å². The highest BCUT2D eigenvalue weighted by molar-refractivity contribution is 5.60. The SMILES string of the molecule is CCOCOc1ccc(C)cc1N1CCC(N)CC1. The molecule has 2 rings (SSSR count). The van der Waals surface area contributed by atoms with E-state index in [1.807, 2.05) is 13.0 Å². The molecule has 1 aromatic rings. The molecule has 1 aliphatic heterocycles. The van der Waals surface area contributed by atoms with Gasteiger partial charge >= 0.3 is 0 Å². The summed E-state index contributed by atoms with van der Waals surface area (Å²) in [5.74, 6) is 0.898. The third kappa shape index (κ3) is 3.85. The molecule has 0 radical (unpaired) electrons. The summed E-state index contributed by atoms with van der Waals surface area (Å²) in [5.41, 5.74) is 8.37. The van der Waals surface area contributed by atoms with Crippen molar-refractivity contribution < 1.29 is 9.47 Å². The van der Waals surface area contributed by atoms with Crippen molar-refractivity contribution >= 4 is 5.69 Å². The van der Waals surface area contributed by atoms with Crippen molar-refractivity contribution in [2.45, 2.75) is 32.7 Å². The number of ether oxygens (including phenoxy) is 2. The van der Waals surface area contributed by atoms with E-state index in [-0.39, 0.29) is 0 Å². The Morgan fingerprint density at radius 3 is 2.74 bits per heavy atom. The van der Waals surface area contributed by atoms with Crippen LogP contribution < -0.4 is 15.4 Å². The highest BCUT2D eigenvalue weighted by Crippen LogP contribution is 2.31. The molecule has 4 nitrogen and oxygen atoms in total. The Bertz CT molecular complexity index is 401. The lowest BCUT2D eigenvalue weighted by Gasteiger charge is -2.33. The molecule has 4 heteroatoms. The maximum atomic E-state index is 5.96. The highest BCUT2D eigenvalue weighted by Gasteiger charge is 2.19. The van der Waals surface area contributed by atoms with Crippen molar-refractivity contribution in [3.63, 3.8) is 0 Å². The van der Waals surface area contributed by atoms with Gasteiger partial charge in [0.05, 0.1) is 5.69 Å². The first-order chi connectivity index (χ1) is 9.20. The Morgan fingerprint density at radius 1 is 1.32 bits per heavy atom. The minimum Gasteiger partial charge on any atom is -0.465 e. The normalized spacial score (nSPS) is 16.7. The molecule has 19 heavy (non-hydrogen) atoms. The molecule has 1 aliphatic rings. The molecule has 0 aromatic heterocycles.